The first-order valence-corrected chi connectivity index (χ1v) is 7.59. The van der Waals surface area contributed by atoms with Crippen LogP contribution < -0.4 is 5.32 Å². The molecular weight excluding hydrogens is 248 g/mol. The predicted molar refractivity (Wildman–Crippen MR) is 80.5 cm³/mol. The molecule has 3 rings (SSSR count). The fourth-order valence-electron chi connectivity index (χ4n) is 2.86. The minimum absolute atomic E-state index is 0.352. The molecule has 4 heteroatoms. The summed E-state index contributed by atoms with van der Waals surface area (Å²) in [5, 5.41) is 12.4. The van der Waals surface area contributed by atoms with E-state index in [1.165, 1.54) is 5.56 Å². The normalized spacial score (nSPS) is 18.0. The van der Waals surface area contributed by atoms with Crippen molar-refractivity contribution in [3.8, 4) is 11.4 Å². The molecular formula is C16H22N4. The van der Waals surface area contributed by atoms with Gasteiger partial charge in [0.2, 0.25) is 0 Å². The number of rotatable bonds is 4. The van der Waals surface area contributed by atoms with E-state index < -0.39 is 0 Å². The van der Waals surface area contributed by atoms with Crippen LogP contribution in [0.25, 0.3) is 11.4 Å². The lowest BCUT2D eigenvalue weighted by molar-refractivity contribution is 0.394. The number of nitrogens with zero attached hydrogens (tertiary/aromatic N) is 3. The first-order valence-electron chi connectivity index (χ1n) is 7.59. The Kier molecular flexibility index (Phi) is 3.83. The third-order valence-corrected chi connectivity index (χ3v) is 4.01. The van der Waals surface area contributed by atoms with Crippen LogP contribution in [0.4, 0.5) is 0 Å². The van der Waals surface area contributed by atoms with Gasteiger partial charge in [-0.3, -0.25) is 0 Å². The van der Waals surface area contributed by atoms with Crippen molar-refractivity contribution >= 4 is 0 Å². The zero-order chi connectivity index (χ0) is 13.9. The van der Waals surface area contributed by atoms with Crippen LogP contribution in [0.1, 0.15) is 44.1 Å². The number of fused-ring (bicyclic) bond motifs is 1. The predicted octanol–water partition coefficient (Wildman–Crippen LogP) is 2.95. The molecule has 0 saturated heterocycles. The van der Waals surface area contributed by atoms with Crippen LogP contribution in [-0.4, -0.2) is 21.3 Å². The lowest BCUT2D eigenvalue weighted by Gasteiger charge is -2.24. The van der Waals surface area contributed by atoms with Gasteiger partial charge in [-0.25, -0.2) is 0 Å². The lowest BCUT2D eigenvalue weighted by Crippen LogP contribution is -2.33. The van der Waals surface area contributed by atoms with Gasteiger partial charge in [-0.2, -0.15) is 0 Å². The van der Waals surface area contributed by atoms with Gasteiger partial charge >= 0.3 is 0 Å². The van der Waals surface area contributed by atoms with E-state index in [1.54, 1.807) is 0 Å². The van der Waals surface area contributed by atoms with Crippen LogP contribution in [0.5, 0.6) is 0 Å². The molecule has 0 saturated carbocycles. The second-order valence-corrected chi connectivity index (χ2v) is 5.38. The molecule has 1 unspecified atom stereocenters. The Labute approximate surface area is 120 Å². The first kappa shape index (κ1) is 13.3. The minimum Gasteiger partial charge on any atom is -0.308 e. The highest BCUT2D eigenvalue weighted by Gasteiger charge is 2.24. The fourth-order valence-corrected chi connectivity index (χ4v) is 2.86. The van der Waals surface area contributed by atoms with E-state index in [1.807, 2.05) is 0 Å². The second kappa shape index (κ2) is 5.75. The van der Waals surface area contributed by atoms with E-state index in [0.29, 0.717) is 6.04 Å². The lowest BCUT2D eigenvalue weighted by atomic mass is 10.1. The Morgan fingerprint density at radius 3 is 2.70 bits per heavy atom. The van der Waals surface area contributed by atoms with E-state index in [0.717, 1.165) is 49.6 Å². The van der Waals surface area contributed by atoms with Crippen molar-refractivity contribution < 1.29 is 0 Å². The largest absolute Gasteiger partial charge is 0.308 e. The number of benzene rings is 1. The highest BCUT2D eigenvalue weighted by molar-refractivity contribution is 5.56. The second-order valence-electron chi connectivity index (χ2n) is 5.38. The van der Waals surface area contributed by atoms with Crippen molar-refractivity contribution in [2.24, 2.45) is 0 Å². The Morgan fingerprint density at radius 1 is 1.20 bits per heavy atom. The van der Waals surface area contributed by atoms with E-state index in [-0.39, 0.29) is 0 Å². The molecule has 20 heavy (non-hydrogen) atoms. The van der Waals surface area contributed by atoms with Gasteiger partial charge in [0, 0.05) is 18.7 Å². The molecule has 1 aliphatic rings. The zero-order valence-corrected chi connectivity index (χ0v) is 12.3. The summed E-state index contributed by atoms with van der Waals surface area (Å²) in [6.45, 7) is 6.33. The van der Waals surface area contributed by atoms with Crippen LogP contribution >= 0.6 is 0 Å². The smallest absolute Gasteiger partial charge is 0.164 e. The molecule has 1 N–H and O–H groups in total. The number of aryl methyl sites for hydroxylation is 1. The van der Waals surface area contributed by atoms with E-state index in [9.17, 15) is 0 Å². The quantitative estimate of drug-likeness (QED) is 0.929. The fraction of sp³-hybridized carbons (Fsp3) is 0.500. The van der Waals surface area contributed by atoms with Crippen molar-refractivity contribution in [1.82, 2.24) is 20.1 Å². The molecule has 4 nitrogen and oxygen atoms in total. The van der Waals surface area contributed by atoms with Gasteiger partial charge in [-0.15, -0.1) is 10.2 Å². The summed E-state index contributed by atoms with van der Waals surface area (Å²) in [5.41, 5.74) is 2.52. The summed E-state index contributed by atoms with van der Waals surface area (Å²) in [4.78, 5) is 0. The molecule has 106 valence electrons. The molecule has 0 aliphatic carbocycles. The highest BCUT2D eigenvalue weighted by Crippen LogP contribution is 2.26. The van der Waals surface area contributed by atoms with E-state index in [4.69, 9.17) is 0 Å². The van der Waals surface area contributed by atoms with Gasteiger partial charge in [0.15, 0.2) is 11.6 Å². The number of hydrogen-bond acceptors (Lipinski definition) is 3. The Morgan fingerprint density at radius 2 is 2.00 bits per heavy atom. The summed E-state index contributed by atoms with van der Waals surface area (Å²) in [6.07, 6.45) is 3.35. The van der Waals surface area contributed by atoms with Crippen LogP contribution in [0.2, 0.25) is 0 Å². The topological polar surface area (TPSA) is 42.7 Å². The molecule has 0 fully saturated rings. The highest BCUT2D eigenvalue weighted by atomic mass is 15.3. The maximum absolute atomic E-state index is 4.43. The van der Waals surface area contributed by atoms with Gasteiger partial charge in [-0.05, 0) is 18.4 Å². The van der Waals surface area contributed by atoms with Gasteiger partial charge < -0.3 is 9.88 Å². The van der Waals surface area contributed by atoms with Gasteiger partial charge in [0.25, 0.3) is 0 Å². The average Bonchev–Trinajstić information content (AvgIpc) is 2.93. The molecule has 2 heterocycles. The molecule has 1 aromatic heterocycles. The summed E-state index contributed by atoms with van der Waals surface area (Å²) in [6, 6.07) is 9.04. The number of aromatic nitrogens is 3. The van der Waals surface area contributed by atoms with Crippen molar-refractivity contribution in [3.05, 3.63) is 35.7 Å². The number of nitrogens with one attached hydrogen (secondary N) is 1. The number of hydrogen-bond donors (Lipinski definition) is 1. The maximum atomic E-state index is 4.43. The molecule has 1 aromatic carbocycles. The average molecular weight is 270 g/mol. The monoisotopic (exact) mass is 270 g/mol. The summed E-state index contributed by atoms with van der Waals surface area (Å²) in [7, 11) is 0. The third kappa shape index (κ3) is 2.36. The molecule has 0 radical (unpaired) electrons. The summed E-state index contributed by atoms with van der Waals surface area (Å²) >= 11 is 0. The van der Waals surface area contributed by atoms with Crippen LogP contribution in [0.15, 0.2) is 24.3 Å². The van der Waals surface area contributed by atoms with Gasteiger partial charge in [0.05, 0.1) is 6.04 Å². The molecule has 2 aromatic rings. The molecule has 1 atom stereocenters. The first-order chi connectivity index (χ1) is 9.83. The Balaban J connectivity index is 1.94. The van der Waals surface area contributed by atoms with Crippen molar-refractivity contribution in [2.75, 3.05) is 6.54 Å². The third-order valence-electron chi connectivity index (χ3n) is 4.01. The minimum atomic E-state index is 0.352. The van der Waals surface area contributed by atoms with Crippen molar-refractivity contribution in [1.29, 1.82) is 0 Å². The molecule has 0 amide bonds. The van der Waals surface area contributed by atoms with E-state index in [2.05, 4.69) is 58.2 Å². The zero-order valence-electron chi connectivity index (χ0n) is 12.3. The molecule has 1 aliphatic heterocycles. The summed E-state index contributed by atoms with van der Waals surface area (Å²) in [5.74, 6) is 2.10. The van der Waals surface area contributed by atoms with Crippen molar-refractivity contribution in [3.63, 3.8) is 0 Å². The summed E-state index contributed by atoms with van der Waals surface area (Å²) < 4.78 is 2.28. The van der Waals surface area contributed by atoms with Gasteiger partial charge in [0.1, 0.15) is 0 Å². The Bertz CT molecular complexity index is 571. The molecule has 0 bridgehead atoms. The van der Waals surface area contributed by atoms with Crippen LogP contribution in [0.3, 0.4) is 0 Å². The standard InChI is InChI=1S/C16H22N4/c1-3-5-14-16-19-18-15(20(16)11-10-17-14)13-8-6-12(4-2)7-9-13/h6-9,14,17H,3-5,10-11H2,1-2H3. The van der Waals surface area contributed by atoms with E-state index >= 15 is 0 Å². The van der Waals surface area contributed by atoms with Crippen molar-refractivity contribution in [2.45, 2.75) is 45.7 Å². The SMILES string of the molecule is CCCC1NCCn2c(-c3ccc(CC)cc3)nnc21. The maximum Gasteiger partial charge on any atom is 0.164 e. The van der Waals surface area contributed by atoms with Crippen LogP contribution in [0, 0.1) is 0 Å². The van der Waals surface area contributed by atoms with Crippen LogP contribution in [-0.2, 0) is 13.0 Å². The Hall–Kier alpha value is -1.68. The molecule has 0 spiro atoms. The van der Waals surface area contributed by atoms with Gasteiger partial charge in [-0.1, -0.05) is 44.5 Å².